The van der Waals surface area contributed by atoms with Crippen LogP contribution < -0.4 is 5.73 Å². The summed E-state index contributed by atoms with van der Waals surface area (Å²) in [5.74, 6) is 1.40. The fourth-order valence-electron chi connectivity index (χ4n) is 2.60. The highest BCUT2D eigenvalue weighted by Gasteiger charge is 2.44. The Labute approximate surface area is 67.4 Å². The molecular weight excluding hydrogens is 136 g/mol. The van der Waals surface area contributed by atoms with E-state index < -0.39 is 5.54 Å². The topological polar surface area (TPSA) is 49.8 Å². The molecule has 2 saturated carbocycles. The number of nitriles is 1. The van der Waals surface area contributed by atoms with Crippen LogP contribution in [-0.2, 0) is 0 Å². The van der Waals surface area contributed by atoms with Crippen LogP contribution in [0.3, 0.4) is 0 Å². The van der Waals surface area contributed by atoms with Crippen LogP contribution in [0.5, 0.6) is 0 Å². The summed E-state index contributed by atoms with van der Waals surface area (Å²) in [6.07, 6.45) is 5.82. The lowest BCUT2D eigenvalue weighted by molar-refractivity contribution is 0.254. The van der Waals surface area contributed by atoms with Gasteiger partial charge in [-0.3, -0.25) is 0 Å². The van der Waals surface area contributed by atoms with Crippen molar-refractivity contribution in [3.63, 3.8) is 0 Å². The Bertz CT molecular complexity index is 206. The van der Waals surface area contributed by atoms with Crippen molar-refractivity contribution in [1.29, 1.82) is 5.26 Å². The van der Waals surface area contributed by atoms with Crippen LogP contribution in [0, 0.1) is 23.2 Å². The average Bonchev–Trinajstić information content (AvgIpc) is 2.44. The van der Waals surface area contributed by atoms with Crippen molar-refractivity contribution in [2.24, 2.45) is 17.6 Å². The van der Waals surface area contributed by atoms with E-state index in [0.29, 0.717) is 5.92 Å². The van der Waals surface area contributed by atoms with Crippen LogP contribution in [0.25, 0.3) is 0 Å². The van der Waals surface area contributed by atoms with Crippen LogP contribution in [0.2, 0.25) is 0 Å². The molecule has 0 spiro atoms. The summed E-state index contributed by atoms with van der Waals surface area (Å²) >= 11 is 0. The van der Waals surface area contributed by atoms with E-state index >= 15 is 0 Å². The zero-order valence-electron chi connectivity index (χ0n) is 6.71. The molecule has 0 aliphatic heterocycles. The molecule has 0 heterocycles. The summed E-state index contributed by atoms with van der Waals surface area (Å²) < 4.78 is 0. The highest BCUT2D eigenvalue weighted by Crippen LogP contribution is 2.45. The number of nitrogens with zero attached hydrogens (tertiary/aromatic N) is 1. The number of rotatable bonds is 0. The molecular formula is C9H14N2. The lowest BCUT2D eigenvalue weighted by Crippen LogP contribution is -2.46. The number of hydrogen-bond donors (Lipinski definition) is 1. The van der Waals surface area contributed by atoms with Gasteiger partial charge in [0.15, 0.2) is 0 Å². The number of nitrogens with two attached hydrogens (primary N) is 1. The van der Waals surface area contributed by atoms with Gasteiger partial charge in [0.05, 0.1) is 6.07 Å². The van der Waals surface area contributed by atoms with Gasteiger partial charge in [0.2, 0.25) is 0 Å². The van der Waals surface area contributed by atoms with E-state index in [2.05, 4.69) is 6.07 Å². The Hall–Kier alpha value is -0.550. The fraction of sp³-hybridized carbons (Fsp3) is 0.889. The Morgan fingerprint density at radius 2 is 2.18 bits per heavy atom. The van der Waals surface area contributed by atoms with Gasteiger partial charge in [-0.1, -0.05) is 6.42 Å². The minimum Gasteiger partial charge on any atom is -0.313 e. The standard InChI is InChI=1S/C9H14N2/c10-6-9(11)4-3-7-1-2-8(9)5-7/h7-8H,1-5,11H2/t7-,8-,9-/m1/s1. The molecule has 0 aromatic carbocycles. The molecule has 0 aromatic rings. The molecule has 2 aliphatic rings. The van der Waals surface area contributed by atoms with Gasteiger partial charge in [-0.25, -0.2) is 0 Å². The van der Waals surface area contributed by atoms with E-state index in [1.54, 1.807) is 0 Å². The Kier molecular flexibility index (Phi) is 1.43. The molecule has 2 N–H and O–H groups in total. The first-order chi connectivity index (χ1) is 5.24. The van der Waals surface area contributed by atoms with E-state index in [0.717, 1.165) is 12.3 Å². The molecule has 2 nitrogen and oxygen atoms in total. The maximum absolute atomic E-state index is 8.90. The van der Waals surface area contributed by atoms with Gasteiger partial charge in [-0.05, 0) is 37.5 Å². The summed E-state index contributed by atoms with van der Waals surface area (Å²) in [5, 5.41) is 8.90. The molecule has 2 rings (SSSR count). The molecule has 0 saturated heterocycles. The Morgan fingerprint density at radius 3 is 2.91 bits per heavy atom. The highest BCUT2D eigenvalue weighted by atomic mass is 14.8. The van der Waals surface area contributed by atoms with Gasteiger partial charge in [0.1, 0.15) is 5.54 Å². The highest BCUT2D eigenvalue weighted by molar-refractivity contribution is 5.13. The van der Waals surface area contributed by atoms with Crippen LogP contribution in [0.4, 0.5) is 0 Å². The zero-order valence-corrected chi connectivity index (χ0v) is 6.71. The first-order valence-corrected chi connectivity index (χ1v) is 4.45. The summed E-state index contributed by atoms with van der Waals surface area (Å²) in [5.41, 5.74) is 5.51. The fourth-order valence-corrected chi connectivity index (χ4v) is 2.60. The smallest absolute Gasteiger partial charge is 0.107 e. The van der Waals surface area contributed by atoms with Gasteiger partial charge >= 0.3 is 0 Å². The average molecular weight is 150 g/mol. The molecule has 3 atom stereocenters. The van der Waals surface area contributed by atoms with E-state index in [4.69, 9.17) is 11.0 Å². The third-order valence-electron chi connectivity index (χ3n) is 3.44. The molecule has 2 aliphatic carbocycles. The summed E-state index contributed by atoms with van der Waals surface area (Å²) in [6.45, 7) is 0. The molecule has 2 fully saturated rings. The summed E-state index contributed by atoms with van der Waals surface area (Å²) in [6, 6.07) is 2.29. The molecule has 2 heteroatoms. The lowest BCUT2D eigenvalue weighted by atomic mass is 9.75. The third-order valence-corrected chi connectivity index (χ3v) is 3.44. The Balaban J connectivity index is 2.20. The molecule has 60 valence electrons. The maximum Gasteiger partial charge on any atom is 0.107 e. The lowest BCUT2D eigenvalue weighted by Gasteiger charge is -2.32. The molecule has 0 aromatic heterocycles. The first kappa shape index (κ1) is 7.12. The van der Waals surface area contributed by atoms with E-state index in [1.807, 2.05) is 0 Å². The minimum atomic E-state index is -0.465. The van der Waals surface area contributed by atoms with Crippen LogP contribution >= 0.6 is 0 Å². The van der Waals surface area contributed by atoms with Crippen molar-refractivity contribution >= 4 is 0 Å². The van der Waals surface area contributed by atoms with Crippen molar-refractivity contribution < 1.29 is 0 Å². The zero-order chi connectivity index (χ0) is 7.90. The summed E-state index contributed by atoms with van der Waals surface area (Å²) in [7, 11) is 0. The van der Waals surface area contributed by atoms with Crippen LogP contribution in [0.15, 0.2) is 0 Å². The normalized spacial score (nSPS) is 48.7. The van der Waals surface area contributed by atoms with Crippen molar-refractivity contribution in [3.8, 4) is 6.07 Å². The van der Waals surface area contributed by atoms with Crippen molar-refractivity contribution in [3.05, 3.63) is 0 Å². The van der Waals surface area contributed by atoms with Gasteiger partial charge in [-0.2, -0.15) is 5.26 Å². The molecule has 0 unspecified atom stereocenters. The SMILES string of the molecule is N#C[C@]1(N)CC[C@H]2CC[C@@H]1C2. The van der Waals surface area contributed by atoms with Gasteiger partial charge < -0.3 is 5.73 Å². The maximum atomic E-state index is 8.90. The van der Waals surface area contributed by atoms with Crippen molar-refractivity contribution in [2.45, 2.75) is 37.6 Å². The van der Waals surface area contributed by atoms with Gasteiger partial charge in [-0.15, -0.1) is 0 Å². The van der Waals surface area contributed by atoms with Crippen LogP contribution in [-0.4, -0.2) is 5.54 Å². The second kappa shape index (κ2) is 2.22. The van der Waals surface area contributed by atoms with E-state index in [9.17, 15) is 0 Å². The minimum absolute atomic E-state index is 0.465. The molecule has 0 amide bonds. The quantitative estimate of drug-likeness (QED) is 0.567. The predicted molar refractivity (Wildman–Crippen MR) is 42.6 cm³/mol. The van der Waals surface area contributed by atoms with Gasteiger partial charge in [0.25, 0.3) is 0 Å². The van der Waals surface area contributed by atoms with E-state index in [-0.39, 0.29) is 0 Å². The van der Waals surface area contributed by atoms with Crippen molar-refractivity contribution in [1.82, 2.24) is 0 Å². The largest absolute Gasteiger partial charge is 0.313 e. The number of fused-ring (bicyclic) bond motifs is 2. The van der Waals surface area contributed by atoms with Crippen LogP contribution in [0.1, 0.15) is 32.1 Å². The second-order valence-electron chi connectivity index (χ2n) is 4.07. The third kappa shape index (κ3) is 0.954. The van der Waals surface area contributed by atoms with Crippen molar-refractivity contribution in [2.75, 3.05) is 0 Å². The molecule has 0 radical (unpaired) electrons. The second-order valence-corrected chi connectivity index (χ2v) is 4.07. The van der Waals surface area contributed by atoms with E-state index in [1.165, 1.54) is 25.7 Å². The molecule has 2 bridgehead atoms. The molecule has 11 heavy (non-hydrogen) atoms. The first-order valence-electron chi connectivity index (χ1n) is 4.45. The van der Waals surface area contributed by atoms with Gasteiger partial charge in [0, 0.05) is 0 Å². The summed E-state index contributed by atoms with van der Waals surface area (Å²) in [4.78, 5) is 0. The number of hydrogen-bond acceptors (Lipinski definition) is 2. The monoisotopic (exact) mass is 150 g/mol. The Morgan fingerprint density at radius 1 is 1.36 bits per heavy atom. The predicted octanol–water partition coefficient (Wildman–Crippen LogP) is 1.42.